The predicted molar refractivity (Wildman–Crippen MR) is 54.5 cm³/mol. The molecule has 0 amide bonds. The first-order valence-corrected chi connectivity index (χ1v) is 5.67. The zero-order valence-corrected chi connectivity index (χ0v) is 9.64. The molecule has 1 nitrogen and oxygen atoms in total. The van der Waals surface area contributed by atoms with Gasteiger partial charge in [0, 0.05) is 0 Å². The van der Waals surface area contributed by atoms with Gasteiger partial charge in [0.2, 0.25) is 0 Å². The minimum absolute atomic E-state index is 0.180. The Bertz CT molecular complexity index is 166. The standard InChI is InChI=1S/C9H15F3O.C2H6/c1-6(13)7-4-2-3-5-8(7)9(10,11)12;1-2/h6-8,13H,2-5H2,1H3;1-2H3. The Kier molecular flexibility index (Phi) is 6.25. The third kappa shape index (κ3) is 4.41. The maximum Gasteiger partial charge on any atom is 0.392 e. The van der Waals surface area contributed by atoms with E-state index in [2.05, 4.69) is 0 Å². The van der Waals surface area contributed by atoms with Gasteiger partial charge in [0.1, 0.15) is 0 Å². The summed E-state index contributed by atoms with van der Waals surface area (Å²) in [6, 6.07) is 0. The highest BCUT2D eigenvalue weighted by Crippen LogP contribution is 2.42. The highest BCUT2D eigenvalue weighted by atomic mass is 19.4. The Morgan fingerprint density at radius 3 is 1.93 bits per heavy atom. The summed E-state index contributed by atoms with van der Waals surface area (Å²) in [7, 11) is 0. The van der Waals surface area contributed by atoms with Crippen LogP contribution < -0.4 is 0 Å². The zero-order valence-electron chi connectivity index (χ0n) is 9.64. The molecule has 1 saturated carbocycles. The summed E-state index contributed by atoms with van der Waals surface area (Å²) in [4.78, 5) is 0. The molecule has 1 fully saturated rings. The molecule has 15 heavy (non-hydrogen) atoms. The number of hydrogen-bond donors (Lipinski definition) is 1. The van der Waals surface area contributed by atoms with Crippen molar-refractivity contribution in [2.24, 2.45) is 11.8 Å². The molecule has 0 bridgehead atoms. The van der Waals surface area contributed by atoms with E-state index in [1.54, 1.807) is 0 Å². The van der Waals surface area contributed by atoms with Gasteiger partial charge in [-0.2, -0.15) is 13.2 Å². The van der Waals surface area contributed by atoms with Crippen LogP contribution in [0, 0.1) is 11.8 Å². The van der Waals surface area contributed by atoms with Crippen LogP contribution in [0.5, 0.6) is 0 Å². The molecule has 0 aromatic heterocycles. The molecule has 0 aromatic carbocycles. The van der Waals surface area contributed by atoms with E-state index >= 15 is 0 Å². The van der Waals surface area contributed by atoms with Gasteiger partial charge >= 0.3 is 6.18 Å². The first kappa shape index (κ1) is 14.8. The maximum atomic E-state index is 12.4. The van der Waals surface area contributed by atoms with E-state index in [0.29, 0.717) is 12.8 Å². The van der Waals surface area contributed by atoms with Crippen LogP contribution in [0.3, 0.4) is 0 Å². The molecule has 0 saturated heterocycles. The molecular weight excluding hydrogens is 205 g/mol. The van der Waals surface area contributed by atoms with Crippen molar-refractivity contribution in [1.29, 1.82) is 0 Å². The van der Waals surface area contributed by atoms with E-state index < -0.39 is 24.1 Å². The molecule has 1 aliphatic carbocycles. The molecule has 4 heteroatoms. The monoisotopic (exact) mass is 226 g/mol. The molecule has 3 unspecified atom stereocenters. The number of aliphatic hydroxyl groups excluding tert-OH is 1. The second kappa shape index (κ2) is 6.36. The van der Waals surface area contributed by atoms with Crippen molar-refractivity contribution < 1.29 is 18.3 Å². The first-order chi connectivity index (χ1) is 6.93. The van der Waals surface area contributed by atoms with Crippen LogP contribution in [-0.4, -0.2) is 17.4 Å². The molecular formula is C11H21F3O. The second-order valence-corrected chi connectivity index (χ2v) is 3.84. The van der Waals surface area contributed by atoms with Gasteiger partial charge in [0.15, 0.2) is 0 Å². The van der Waals surface area contributed by atoms with E-state index in [-0.39, 0.29) is 6.42 Å². The third-order valence-corrected chi connectivity index (χ3v) is 2.86. The van der Waals surface area contributed by atoms with E-state index in [1.165, 1.54) is 6.92 Å². The minimum atomic E-state index is -4.14. The van der Waals surface area contributed by atoms with Crippen LogP contribution in [-0.2, 0) is 0 Å². The quantitative estimate of drug-likeness (QED) is 0.721. The Morgan fingerprint density at radius 1 is 1.13 bits per heavy atom. The maximum absolute atomic E-state index is 12.4. The molecule has 0 heterocycles. The Balaban J connectivity index is 0.000000921. The molecule has 3 atom stereocenters. The molecule has 0 aromatic rings. The van der Waals surface area contributed by atoms with Crippen LogP contribution >= 0.6 is 0 Å². The first-order valence-electron chi connectivity index (χ1n) is 5.67. The van der Waals surface area contributed by atoms with Gasteiger partial charge in [-0.1, -0.05) is 26.7 Å². The van der Waals surface area contributed by atoms with Crippen molar-refractivity contribution in [2.45, 2.75) is 58.7 Å². The summed E-state index contributed by atoms with van der Waals surface area (Å²) >= 11 is 0. The van der Waals surface area contributed by atoms with Crippen molar-refractivity contribution in [3.05, 3.63) is 0 Å². The molecule has 0 spiro atoms. The zero-order chi connectivity index (χ0) is 12.1. The fourth-order valence-corrected chi connectivity index (χ4v) is 2.14. The smallest absolute Gasteiger partial charge is 0.392 e. The fourth-order valence-electron chi connectivity index (χ4n) is 2.14. The van der Waals surface area contributed by atoms with Crippen molar-refractivity contribution in [2.75, 3.05) is 0 Å². The normalized spacial score (nSPS) is 29.0. The van der Waals surface area contributed by atoms with E-state index in [9.17, 15) is 18.3 Å². The van der Waals surface area contributed by atoms with E-state index in [0.717, 1.165) is 6.42 Å². The lowest BCUT2D eigenvalue weighted by atomic mass is 9.76. The topological polar surface area (TPSA) is 20.2 Å². The Labute approximate surface area is 89.7 Å². The van der Waals surface area contributed by atoms with Crippen molar-refractivity contribution in [3.63, 3.8) is 0 Å². The third-order valence-electron chi connectivity index (χ3n) is 2.86. The lowest BCUT2D eigenvalue weighted by molar-refractivity contribution is -0.205. The van der Waals surface area contributed by atoms with Gasteiger partial charge < -0.3 is 5.11 Å². The van der Waals surface area contributed by atoms with Gasteiger partial charge in [-0.05, 0) is 25.7 Å². The van der Waals surface area contributed by atoms with Crippen LogP contribution in [0.15, 0.2) is 0 Å². The summed E-state index contributed by atoms with van der Waals surface area (Å²) in [6.45, 7) is 5.45. The van der Waals surface area contributed by atoms with Gasteiger partial charge in [0.25, 0.3) is 0 Å². The van der Waals surface area contributed by atoms with Gasteiger partial charge in [0.05, 0.1) is 12.0 Å². The van der Waals surface area contributed by atoms with Crippen LogP contribution in [0.25, 0.3) is 0 Å². The molecule has 0 aliphatic heterocycles. The van der Waals surface area contributed by atoms with Crippen molar-refractivity contribution in [3.8, 4) is 0 Å². The predicted octanol–water partition coefficient (Wildman–Crippen LogP) is 3.76. The Morgan fingerprint density at radius 2 is 1.60 bits per heavy atom. The van der Waals surface area contributed by atoms with Gasteiger partial charge in [-0.25, -0.2) is 0 Å². The van der Waals surface area contributed by atoms with E-state index in [4.69, 9.17) is 0 Å². The molecule has 1 aliphatic rings. The van der Waals surface area contributed by atoms with Crippen molar-refractivity contribution >= 4 is 0 Å². The van der Waals surface area contributed by atoms with Crippen LogP contribution in [0.4, 0.5) is 13.2 Å². The lowest BCUT2D eigenvalue weighted by Crippen LogP contribution is -2.38. The summed E-state index contributed by atoms with van der Waals surface area (Å²) in [5.41, 5.74) is 0. The fraction of sp³-hybridized carbons (Fsp3) is 1.00. The number of alkyl halides is 3. The summed E-state index contributed by atoms with van der Waals surface area (Å²) < 4.78 is 37.3. The summed E-state index contributed by atoms with van der Waals surface area (Å²) in [6.07, 6.45) is -2.86. The lowest BCUT2D eigenvalue weighted by Gasteiger charge is -2.34. The van der Waals surface area contributed by atoms with Crippen LogP contribution in [0.2, 0.25) is 0 Å². The van der Waals surface area contributed by atoms with Gasteiger partial charge in [-0.15, -0.1) is 0 Å². The number of hydrogen-bond acceptors (Lipinski definition) is 1. The molecule has 1 rings (SSSR count). The van der Waals surface area contributed by atoms with Gasteiger partial charge in [-0.3, -0.25) is 0 Å². The molecule has 0 radical (unpaired) electrons. The van der Waals surface area contributed by atoms with E-state index in [1.807, 2.05) is 13.8 Å². The minimum Gasteiger partial charge on any atom is -0.393 e. The highest BCUT2D eigenvalue weighted by Gasteiger charge is 2.46. The Hall–Kier alpha value is -0.250. The second-order valence-electron chi connectivity index (χ2n) is 3.84. The molecule has 92 valence electrons. The summed E-state index contributed by atoms with van der Waals surface area (Å²) in [5, 5.41) is 9.21. The summed E-state index contributed by atoms with van der Waals surface area (Å²) in [5.74, 6) is -1.88. The average molecular weight is 226 g/mol. The molecule has 1 N–H and O–H groups in total. The number of aliphatic hydroxyl groups is 1. The highest BCUT2D eigenvalue weighted by molar-refractivity contribution is 4.83. The average Bonchev–Trinajstić information content (AvgIpc) is 2.19. The SMILES string of the molecule is CC.CC(O)C1CCCCC1C(F)(F)F. The van der Waals surface area contributed by atoms with Crippen molar-refractivity contribution in [1.82, 2.24) is 0 Å². The number of rotatable bonds is 1. The van der Waals surface area contributed by atoms with Crippen LogP contribution in [0.1, 0.15) is 46.5 Å². The largest absolute Gasteiger partial charge is 0.393 e. The number of halogens is 3.